The number of hydrogen-bond acceptors (Lipinski definition) is 6. The Hall–Kier alpha value is -1.55. The molecular weight excluding hydrogens is 390 g/mol. The predicted molar refractivity (Wildman–Crippen MR) is 101 cm³/mol. The van der Waals surface area contributed by atoms with Crippen LogP contribution in [0.15, 0.2) is 23.1 Å². The Morgan fingerprint density at radius 1 is 1.33 bits per heavy atom. The van der Waals surface area contributed by atoms with Crippen LogP contribution in [0, 0.1) is 6.92 Å². The number of morpholine rings is 1. The van der Waals surface area contributed by atoms with Crippen LogP contribution in [0.25, 0.3) is 0 Å². The number of aryl methyl sites for hydroxylation is 1. The minimum atomic E-state index is -3.74. The Bertz CT molecular complexity index is 898. The lowest BCUT2D eigenvalue weighted by molar-refractivity contribution is -0.00777. The third kappa shape index (κ3) is 4.16. The topological polar surface area (TPSA) is 90.2 Å². The molecule has 1 atom stereocenters. The van der Waals surface area contributed by atoms with E-state index in [4.69, 9.17) is 16.3 Å². The van der Waals surface area contributed by atoms with Gasteiger partial charge in [0, 0.05) is 13.1 Å². The van der Waals surface area contributed by atoms with Gasteiger partial charge >= 0.3 is 0 Å². The third-order valence-corrected chi connectivity index (χ3v) is 7.08. The average Bonchev–Trinajstić information content (AvgIpc) is 3.15. The highest BCUT2D eigenvalue weighted by molar-refractivity contribution is 7.89. The van der Waals surface area contributed by atoms with Gasteiger partial charge in [-0.15, -0.1) is 10.2 Å². The van der Waals surface area contributed by atoms with Crippen molar-refractivity contribution in [3.63, 3.8) is 0 Å². The summed E-state index contributed by atoms with van der Waals surface area (Å²) in [5.41, 5.74) is 0.831. The van der Waals surface area contributed by atoms with Crippen molar-refractivity contribution >= 4 is 21.6 Å². The first-order valence-corrected chi connectivity index (χ1v) is 10.9. The van der Waals surface area contributed by atoms with E-state index in [1.54, 1.807) is 23.0 Å². The minimum Gasteiger partial charge on any atom is -0.367 e. The second-order valence-corrected chi connectivity index (χ2v) is 8.91. The molecule has 1 aliphatic rings. The second-order valence-electron chi connectivity index (χ2n) is 6.59. The molecule has 10 heteroatoms. The number of aromatic nitrogens is 4. The number of ether oxygens (including phenoxy) is 1. The Balaban J connectivity index is 1.83. The van der Waals surface area contributed by atoms with Gasteiger partial charge in [-0.25, -0.2) is 8.42 Å². The van der Waals surface area contributed by atoms with E-state index in [2.05, 4.69) is 29.3 Å². The first-order valence-electron chi connectivity index (χ1n) is 9.04. The van der Waals surface area contributed by atoms with E-state index in [1.807, 2.05) is 6.92 Å². The van der Waals surface area contributed by atoms with Crippen molar-refractivity contribution in [3.05, 3.63) is 34.6 Å². The molecule has 2 aromatic rings. The van der Waals surface area contributed by atoms with E-state index < -0.39 is 16.1 Å². The van der Waals surface area contributed by atoms with E-state index in [-0.39, 0.29) is 35.7 Å². The van der Waals surface area contributed by atoms with Crippen LogP contribution >= 0.6 is 11.6 Å². The summed E-state index contributed by atoms with van der Waals surface area (Å²) in [5.74, 6) is 0.400. The smallest absolute Gasteiger partial charge is 0.244 e. The van der Waals surface area contributed by atoms with Crippen LogP contribution < -0.4 is 0 Å². The first-order chi connectivity index (χ1) is 12.9. The fraction of sp³-hybridized carbons (Fsp3) is 0.588. The maximum Gasteiger partial charge on any atom is 0.244 e. The molecule has 1 unspecified atom stereocenters. The van der Waals surface area contributed by atoms with Gasteiger partial charge in [0.25, 0.3) is 0 Å². The summed E-state index contributed by atoms with van der Waals surface area (Å²) in [6.07, 6.45) is 1.23. The number of sulfonamides is 1. The van der Waals surface area contributed by atoms with Crippen molar-refractivity contribution in [2.24, 2.45) is 0 Å². The van der Waals surface area contributed by atoms with E-state index in [9.17, 15) is 8.42 Å². The van der Waals surface area contributed by atoms with Gasteiger partial charge in [0.2, 0.25) is 15.8 Å². The minimum absolute atomic E-state index is 0.110. The van der Waals surface area contributed by atoms with Crippen LogP contribution in [0.2, 0.25) is 5.02 Å². The first kappa shape index (κ1) is 20.2. The molecule has 0 saturated carbocycles. The molecule has 1 aromatic heterocycles. The standard InChI is InChI=1S/C17H24ClN5O3S/c1-4-13(5-2)23-20-17(19-21-23)15-11-22(8-9-26-15)27(24,25)16-10-12(3)6-7-14(16)18/h6-7,10,13,15H,4-5,8-9,11H2,1-3H3. The Morgan fingerprint density at radius 2 is 2.07 bits per heavy atom. The fourth-order valence-corrected chi connectivity index (χ4v) is 5.07. The summed E-state index contributed by atoms with van der Waals surface area (Å²) in [7, 11) is -3.74. The van der Waals surface area contributed by atoms with Crippen LogP contribution in [0.5, 0.6) is 0 Å². The Morgan fingerprint density at radius 3 is 2.78 bits per heavy atom. The molecule has 0 N–H and O–H groups in total. The molecule has 3 rings (SSSR count). The van der Waals surface area contributed by atoms with Crippen molar-refractivity contribution < 1.29 is 13.2 Å². The monoisotopic (exact) mass is 413 g/mol. The summed E-state index contributed by atoms with van der Waals surface area (Å²) >= 11 is 6.15. The zero-order chi connectivity index (χ0) is 19.6. The molecule has 0 aliphatic carbocycles. The zero-order valence-corrected chi connectivity index (χ0v) is 17.2. The number of tetrazole rings is 1. The van der Waals surface area contributed by atoms with Gasteiger partial charge in [-0.3, -0.25) is 0 Å². The number of benzene rings is 1. The number of nitrogens with zero attached hydrogens (tertiary/aromatic N) is 5. The molecule has 0 amide bonds. The molecule has 1 aliphatic heterocycles. The van der Waals surface area contributed by atoms with Gasteiger partial charge in [-0.2, -0.15) is 9.10 Å². The fourth-order valence-electron chi connectivity index (χ4n) is 3.08. The highest BCUT2D eigenvalue weighted by Crippen LogP contribution is 2.29. The SMILES string of the molecule is CCC(CC)n1nnc(C2CN(S(=O)(=O)c3cc(C)ccc3Cl)CCO2)n1. The zero-order valence-electron chi connectivity index (χ0n) is 15.7. The third-order valence-electron chi connectivity index (χ3n) is 4.73. The van der Waals surface area contributed by atoms with Crippen molar-refractivity contribution in [3.8, 4) is 0 Å². The molecule has 1 fully saturated rings. The summed E-state index contributed by atoms with van der Waals surface area (Å²) in [6, 6.07) is 5.14. The Kier molecular flexibility index (Phi) is 6.15. The molecule has 1 saturated heterocycles. The summed E-state index contributed by atoms with van der Waals surface area (Å²) in [5, 5.41) is 12.8. The van der Waals surface area contributed by atoms with Crippen LogP contribution in [0.1, 0.15) is 50.2 Å². The molecule has 2 heterocycles. The van der Waals surface area contributed by atoms with E-state index in [0.717, 1.165) is 18.4 Å². The predicted octanol–water partition coefficient (Wildman–Crippen LogP) is 2.76. The maximum atomic E-state index is 13.1. The molecular formula is C17H24ClN5O3S. The van der Waals surface area contributed by atoms with Crippen LogP contribution in [-0.2, 0) is 14.8 Å². The van der Waals surface area contributed by atoms with Crippen molar-refractivity contribution in [2.45, 2.75) is 50.7 Å². The van der Waals surface area contributed by atoms with Gasteiger partial charge in [0.05, 0.1) is 17.7 Å². The Labute approximate surface area is 164 Å². The van der Waals surface area contributed by atoms with Crippen LogP contribution in [-0.4, -0.2) is 52.6 Å². The quantitative estimate of drug-likeness (QED) is 0.723. The highest BCUT2D eigenvalue weighted by atomic mass is 35.5. The van der Waals surface area contributed by atoms with Gasteiger partial charge < -0.3 is 4.74 Å². The van der Waals surface area contributed by atoms with Gasteiger partial charge in [-0.05, 0) is 42.7 Å². The van der Waals surface area contributed by atoms with Gasteiger partial charge in [-0.1, -0.05) is 31.5 Å². The number of hydrogen-bond donors (Lipinski definition) is 0. The maximum absolute atomic E-state index is 13.1. The van der Waals surface area contributed by atoms with Crippen molar-refractivity contribution in [1.82, 2.24) is 24.5 Å². The van der Waals surface area contributed by atoms with E-state index >= 15 is 0 Å². The molecule has 0 bridgehead atoms. The van der Waals surface area contributed by atoms with Gasteiger partial charge in [0.15, 0.2) is 0 Å². The van der Waals surface area contributed by atoms with Crippen LogP contribution in [0.4, 0.5) is 0 Å². The molecule has 8 nitrogen and oxygen atoms in total. The van der Waals surface area contributed by atoms with Crippen molar-refractivity contribution in [2.75, 3.05) is 19.7 Å². The molecule has 27 heavy (non-hydrogen) atoms. The lowest BCUT2D eigenvalue weighted by Crippen LogP contribution is -2.42. The van der Waals surface area contributed by atoms with Crippen molar-refractivity contribution in [1.29, 1.82) is 0 Å². The number of rotatable bonds is 6. The summed E-state index contributed by atoms with van der Waals surface area (Å²) < 4.78 is 33.2. The normalized spacial score (nSPS) is 18.9. The highest BCUT2D eigenvalue weighted by Gasteiger charge is 2.34. The molecule has 1 aromatic carbocycles. The second kappa shape index (κ2) is 8.22. The van der Waals surface area contributed by atoms with Crippen LogP contribution in [0.3, 0.4) is 0 Å². The van der Waals surface area contributed by atoms with Gasteiger partial charge in [0.1, 0.15) is 11.0 Å². The molecule has 148 valence electrons. The number of halogens is 1. The summed E-state index contributed by atoms with van der Waals surface area (Å²) in [6.45, 7) is 6.60. The van der Waals surface area contributed by atoms with E-state index in [1.165, 1.54) is 4.31 Å². The molecule has 0 radical (unpaired) electrons. The molecule has 0 spiro atoms. The summed E-state index contributed by atoms with van der Waals surface area (Å²) in [4.78, 5) is 1.70. The lowest BCUT2D eigenvalue weighted by atomic mass is 10.2. The largest absolute Gasteiger partial charge is 0.367 e. The lowest BCUT2D eigenvalue weighted by Gasteiger charge is -2.30. The average molecular weight is 414 g/mol. The van der Waals surface area contributed by atoms with E-state index in [0.29, 0.717) is 5.82 Å².